The second-order valence-corrected chi connectivity index (χ2v) is 4.67. The molecule has 3 heterocycles. The third-order valence-electron chi connectivity index (χ3n) is 3.62. The summed E-state index contributed by atoms with van der Waals surface area (Å²) < 4.78 is 0. The monoisotopic (exact) mass is 203 g/mol. The lowest BCUT2D eigenvalue weighted by Crippen LogP contribution is -2.30. The quantitative estimate of drug-likeness (QED) is 0.743. The summed E-state index contributed by atoms with van der Waals surface area (Å²) in [6, 6.07) is 4.99. The fourth-order valence-electron chi connectivity index (χ4n) is 2.71. The van der Waals surface area contributed by atoms with Crippen LogP contribution in [0.2, 0.25) is 0 Å². The Morgan fingerprint density at radius 3 is 3.07 bits per heavy atom. The molecule has 0 saturated carbocycles. The van der Waals surface area contributed by atoms with Gasteiger partial charge in [-0.25, -0.2) is 0 Å². The zero-order chi connectivity index (χ0) is 10.3. The number of aromatic nitrogens is 1. The summed E-state index contributed by atoms with van der Waals surface area (Å²) >= 11 is 0. The molecule has 1 aromatic rings. The number of anilines is 1. The summed E-state index contributed by atoms with van der Waals surface area (Å²) in [7, 11) is 0. The molecule has 0 aliphatic carbocycles. The zero-order valence-corrected chi connectivity index (χ0v) is 9.11. The van der Waals surface area contributed by atoms with E-state index in [0.717, 1.165) is 18.2 Å². The second-order valence-electron chi connectivity index (χ2n) is 4.67. The number of rotatable bonds is 1. The van der Waals surface area contributed by atoms with Crippen molar-refractivity contribution in [1.29, 1.82) is 0 Å². The molecule has 3 rings (SSSR count). The highest BCUT2D eigenvalue weighted by Crippen LogP contribution is 2.28. The number of fused-ring (bicyclic) bond motifs is 1. The van der Waals surface area contributed by atoms with Crippen molar-refractivity contribution >= 4 is 5.69 Å². The molecule has 80 valence electrons. The SMILES string of the molecule is Cc1ccc(N2C[C@H]3CCN[C@H]3C2)cn1. The Bertz CT molecular complexity index is 334. The molecule has 3 nitrogen and oxygen atoms in total. The topological polar surface area (TPSA) is 28.2 Å². The Morgan fingerprint density at radius 1 is 1.40 bits per heavy atom. The van der Waals surface area contributed by atoms with Gasteiger partial charge in [0.2, 0.25) is 0 Å². The number of hydrogen-bond donors (Lipinski definition) is 1. The van der Waals surface area contributed by atoms with Gasteiger partial charge < -0.3 is 10.2 Å². The van der Waals surface area contributed by atoms with Crippen molar-refractivity contribution in [2.45, 2.75) is 19.4 Å². The maximum atomic E-state index is 4.36. The van der Waals surface area contributed by atoms with Gasteiger partial charge in [0.15, 0.2) is 0 Å². The predicted octanol–water partition coefficient (Wildman–Crippen LogP) is 1.19. The first-order chi connectivity index (χ1) is 7.33. The molecule has 2 aliphatic heterocycles. The summed E-state index contributed by atoms with van der Waals surface area (Å²) in [5.41, 5.74) is 2.37. The van der Waals surface area contributed by atoms with Crippen LogP contribution in [0.4, 0.5) is 5.69 Å². The maximum absolute atomic E-state index is 4.36. The molecule has 2 fully saturated rings. The van der Waals surface area contributed by atoms with Gasteiger partial charge in [-0.1, -0.05) is 0 Å². The van der Waals surface area contributed by atoms with Crippen LogP contribution in [0, 0.1) is 12.8 Å². The molecular weight excluding hydrogens is 186 g/mol. The summed E-state index contributed by atoms with van der Waals surface area (Å²) in [5, 5.41) is 3.57. The minimum absolute atomic E-state index is 0.714. The highest BCUT2D eigenvalue weighted by Gasteiger charge is 2.35. The van der Waals surface area contributed by atoms with Crippen LogP contribution in [0.5, 0.6) is 0 Å². The molecule has 0 bridgehead atoms. The predicted molar refractivity (Wildman–Crippen MR) is 61.1 cm³/mol. The number of nitrogens with one attached hydrogen (secondary N) is 1. The molecule has 1 aromatic heterocycles. The third-order valence-corrected chi connectivity index (χ3v) is 3.62. The second kappa shape index (κ2) is 3.49. The minimum Gasteiger partial charge on any atom is -0.368 e. The Balaban J connectivity index is 1.76. The number of hydrogen-bond acceptors (Lipinski definition) is 3. The molecule has 0 amide bonds. The van der Waals surface area contributed by atoms with Crippen molar-refractivity contribution < 1.29 is 0 Å². The van der Waals surface area contributed by atoms with Crippen molar-refractivity contribution in [2.24, 2.45) is 5.92 Å². The van der Waals surface area contributed by atoms with E-state index in [1.54, 1.807) is 0 Å². The van der Waals surface area contributed by atoms with E-state index in [4.69, 9.17) is 0 Å². The zero-order valence-electron chi connectivity index (χ0n) is 9.11. The van der Waals surface area contributed by atoms with E-state index in [2.05, 4.69) is 27.3 Å². The van der Waals surface area contributed by atoms with Crippen molar-refractivity contribution in [3.05, 3.63) is 24.0 Å². The average Bonchev–Trinajstić information content (AvgIpc) is 2.78. The maximum Gasteiger partial charge on any atom is 0.0553 e. The largest absolute Gasteiger partial charge is 0.368 e. The van der Waals surface area contributed by atoms with Crippen LogP contribution in [0.15, 0.2) is 18.3 Å². The lowest BCUT2D eigenvalue weighted by molar-refractivity contribution is 0.556. The Labute approximate surface area is 90.5 Å². The standard InChI is InChI=1S/C12H17N3/c1-9-2-3-11(6-14-9)15-7-10-4-5-13-12(10)8-15/h2-3,6,10,12-13H,4-5,7-8H2,1H3/t10-,12+/m1/s1. The van der Waals surface area contributed by atoms with Gasteiger partial charge in [-0.15, -0.1) is 0 Å². The molecular formula is C12H17N3. The highest BCUT2D eigenvalue weighted by molar-refractivity contribution is 5.46. The van der Waals surface area contributed by atoms with Gasteiger partial charge in [-0.2, -0.15) is 0 Å². The molecule has 2 aliphatic rings. The first-order valence-electron chi connectivity index (χ1n) is 5.74. The fraction of sp³-hybridized carbons (Fsp3) is 0.583. The summed E-state index contributed by atoms with van der Waals surface area (Å²) in [5.74, 6) is 0.853. The molecule has 3 heteroatoms. The molecule has 0 spiro atoms. The van der Waals surface area contributed by atoms with E-state index in [0.29, 0.717) is 6.04 Å². The van der Waals surface area contributed by atoms with Crippen LogP contribution in [0.25, 0.3) is 0 Å². The van der Waals surface area contributed by atoms with Crippen molar-refractivity contribution in [1.82, 2.24) is 10.3 Å². The highest BCUT2D eigenvalue weighted by atomic mass is 15.2. The van der Waals surface area contributed by atoms with Crippen LogP contribution in [0.3, 0.4) is 0 Å². The lowest BCUT2D eigenvalue weighted by Gasteiger charge is -2.19. The van der Waals surface area contributed by atoms with E-state index in [1.807, 2.05) is 13.1 Å². The number of aryl methyl sites for hydroxylation is 1. The van der Waals surface area contributed by atoms with E-state index in [9.17, 15) is 0 Å². The normalized spacial score (nSPS) is 29.5. The Hall–Kier alpha value is -1.09. The van der Waals surface area contributed by atoms with Crippen molar-refractivity contribution in [3.63, 3.8) is 0 Å². The van der Waals surface area contributed by atoms with Gasteiger partial charge >= 0.3 is 0 Å². The minimum atomic E-state index is 0.714. The van der Waals surface area contributed by atoms with E-state index >= 15 is 0 Å². The van der Waals surface area contributed by atoms with Gasteiger partial charge in [0.05, 0.1) is 11.9 Å². The van der Waals surface area contributed by atoms with Crippen LogP contribution < -0.4 is 10.2 Å². The van der Waals surface area contributed by atoms with Crippen LogP contribution in [0.1, 0.15) is 12.1 Å². The van der Waals surface area contributed by atoms with Gasteiger partial charge in [0, 0.05) is 24.8 Å². The van der Waals surface area contributed by atoms with Gasteiger partial charge in [-0.05, 0) is 37.9 Å². The van der Waals surface area contributed by atoms with E-state index in [-0.39, 0.29) is 0 Å². The summed E-state index contributed by atoms with van der Waals surface area (Å²) in [6.45, 7) is 5.58. The lowest BCUT2D eigenvalue weighted by atomic mass is 10.1. The van der Waals surface area contributed by atoms with Gasteiger partial charge in [-0.3, -0.25) is 4.98 Å². The molecule has 0 unspecified atom stereocenters. The van der Waals surface area contributed by atoms with E-state index in [1.165, 1.54) is 25.2 Å². The molecule has 15 heavy (non-hydrogen) atoms. The summed E-state index contributed by atoms with van der Waals surface area (Å²) in [6.07, 6.45) is 3.33. The first-order valence-corrected chi connectivity index (χ1v) is 5.74. The van der Waals surface area contributed by atoms with Crippen LogP contribution in [-0.4, -0.2) is 30.7 Å². The molecule has 0 aromatic carbocycles. The third kappa shape index (κ3) is 1.61. The molecule has 2 saturated heterocycles. The van der Waals surface area contributed by atoms with Crippen LogP contribution >= 0.6 is 0 Å². The fourth-order valence-corrected chi connectivity index (χ4v) is 2.71. The van der Waals surface area contributed by atoms with Gasteiger partial charge in [0.1, 0.15) is 0 Å². The number of pyridine rings is 1. The smallest absolute Gasteiger partial charge is 0.0553 e. The first kappa shape index (κ1) is 9.16. The molecule has 1 N–H and O–H groups in total. The van der Waals surface area contributed by atoms with E-state index < -0.39 is 0 Å². The van der Waals surface area contributed by atoms with Crippen molar-refractivity contribution in [2.75, 3.05) is 24.5 Å². The van der Waals surface area contributed by atoms with Gasteiger partial charge in [0.25, 0.3) is 0 Å². The number of nitrogens with zero attached hydrogens (tertiary/aromatic N) is 2. The average molecular weight is 203 g/mol. The van der Waals surface area contributed by atoms with Crippen LogP contribution in [-0.2, 0) is 0 Å². The van der Waals surface area contributed by atoms with Crippen molar-refractivity contribution in [3.8, 4) is 0 Å². The Morgan fingerprint density at radius 2 is 2.33 bits per heavy atom. The molecule has 0 radical (unpaired) electrons. The summed E-state index contributed by atoms with van der Waals surface area (Å²) in [4.78, 5) is 6.81. The Kier molecular flexibility index (Phi) is 2.13. The molecule has 2 atom stereocenters.